The van der Waals surface area contributed by atoms with Crippen molar-refractivity contribution in [2.75, 3.05) is 20.8 Å². The van der Waals surface area contributed by atoms with Crippen LogP contribution in [-0.2, 0) is 14.3 Å². The van der Waals surface area contributed by atoms with E-state index in [1.54, 1.807) is 4.90 Å². The predicted molar refractivity (Wildman–Crippen MR) is 79.2 cm³/mol. The summed E-state index contributed by atoms with van der Waals surface area (Å²) < 4.78 is 36.2. The zero-order valence-corrected chi connectivity index (χ0v) is 13.7. The molecular weight excluding hydrogens is 308 g/mol. The van der Waals surface area contributed by atoms with E-state index in [4.69, 9.17) is 9.47 Å². The highest BCUT2D eigenvalue weighted by Crippen LogP contribution is 2.39. The van der Waals surface area contributed by atoms with Crippen LogP contribution in [0.1, 0.15) is 44.9 Å². The number of halogens is 2. The van der Waals surface area contributed by atoms with E-state index in [1.807, 2.05) is 0 Å². The minimum absolute atomic E-state index is 0.0942. The molecule has 0 bridgehead atoms. The summed E-state index contributed by atoms with van der Waals surface area (Å²) in [6.45, 7) is 0.431. The molecule has 2 fully saturated rings. The third kappa shape index (κ3) is 4.54. The monoisotopic (exact) mass is 333 g/mol. The number of likely N-dealkylation sites (tertiary alicyclic amines) is 1. The summed E-state index contributed by atoms with van der Waals surface area (Å²) in [5, 5.41) is 0. The molecule has 1 aliphatic heterocycles. The van der Waals surface area contributed by atoms with Crippen LogP contribution < -0.4 is 0 Å². The molecule has 132 valence electrons. The summed E-state index contributed by atoms with van der Waals surface area (Å²) in [6.07, 6.45) is 2.00. The van der Waals surface area contributed by atoms with Gasteiger partial charge >= 0.3 is 12.1 Å². The van der Waals surface area contributed by atoms with Gasteiger partial charge in [-0.2, -0.15) is 0 Å². The lowest BCUT2D eigenvalue weighted by atomic mass is 9.79. The van der Waals surface area contributed by atoms with Gasteiger partial charge in [0.05, 0.1) is 20.1 Å². The van der Waals surface area contributed by atoms with Gasteiger partial charge in [-0.05, 0) is 38.0 Å². The molecule has 2 aliphatic rings. The average Bonchev–Trinajstić information content (AvgIpc) is 2.55. The Kier molecular flexibility index (Phi) is 5.81. The van der Waals surface area contributed by atoms with Gasteiger partial charge in [-0.3, -0.25) is 4.79 Å². The number of alkyl halides is 2. The first-order chi connectivity index (χ1) is 10.9. The molecule has 7 heteroatoms. The van der Waals surface area contributed by atoms with Gasteiger partial charge in [-0.1, -0.05) is 0 Å². The first-order valence-corrected chi connectivity index (χ1v) is 8.16. The highest BCUT2D eigenvalue weighted by molar-refractivity contribution is 5.73. The van der Waals surface area contributed by atoms with Gasteiger partial charge in [0.1, 0.15) is 0 Å². The number of rotatable bonds is 3. The van der Waals surface area contributed by atoms with Gasteiger partial charge in [0, 0.05) is 25.4 Å². The topological polar surface area (TPSA) is 55.8 Å². The molecule has 0 spiro atoms. The molecule has 1 aliphatic carbocycles. The molecule has 0 radical (unpaired) electrons. The number of esters is 1. The van der Waals surface area contributed by atoms with Crippen LogP contribution in [0, 0.1) is 11.8 Å². The van der Waals surface area contributed by atoms with Gasteiger partial charge in [0.25, 0.3) is 0 Å². The van der Waals surface area contributed by atoms with Gasteiger partial charge in [0.2, 0.25) is 5.92 Å². The molecule has 1 heterocycles. The normalized spacial score (nSPS) is 28.3. The van der Waals surface area contributed by atoms with Crippen LogP contribution in [0.2, 0.25) is 0 Å². The highest BCUT2D eigenvalue weighted by Gasteiger charge is 2.40. The summed E-state index contributed by atoms with van der Waals surface area (Å²) in [5.74, 6) is -2.91. The number of carbonyl (C=O) groups is 2. The lowest BCUT2D eigenvalue weighted by molar-refractivity contribution is -0.147. The summed E-state index contributed by atoms with van der Waals surface area (Å²) >= 11 is 0. The third-order valence-electron chi connectivity index (χ3n) is 5.10. The number of hydrogen-bond acceptors (Lipinski definition) is 4. The Morgan fingerprint density at radius 1 is 1.13 bits per heavy atom. The first-order valence-electron chi connectivity index (χ1n) is 8.16. The van der Waals surface area contributed by atoms with Crippen molar-refractivity contribution in [3.05, 3.63) is 0 Å². The van der Waals surface area contributed by atoms with Crippen LogP contribution in [0.5, 0.6) is 0 Å². The van der Waals surface area contributed by atoms with E-state index >= 15 is 0 Å². The summed E-state index contributed by atoms with van der Waals surface area (Å²) in [4.78, 5) is 25.3. The number of methoxy groups -OCH3 is 2. The standard InChI is InChI=1S/C16H25F2NO4/c1-22-14(20)12-5-8-19(15(21)23-2)13(10-12)9-11-3-6-16(17,18)7-4-11/h11-13H,3-10H2,1-2H3. The van der Waals surface area contributed by atoms with E-state index in [0.717, 1.165) is 0 Å². The van der Waals surface area contributed by atoms with Gasteiger partial charge < -0.3 is 14.4 Å². The maximum atomic E-state index is 13.3. The molecule has 5 nitrogen and oxygen atoms in total. The number of amides is 1. The number of nitrogens with zero attached hydrogens (tertiary/aromatic N) is 1. The van der Waals surface area contributed by atoms with Gasteiger partial charge in [-0.15, -0.1) is 0 Å². The Morgan fingerprint density at radius 3 is 2.35 bits per heavy atom. The van der Waals surface area contributed by atoms with Crippen LogP contribution in [0.3, 0.4) is 0 Å². The van der Waals surface area contributed by atoms with Crippen molar-refractivity contribution < 1.29 is 27.8 Å². The Morgan fingerprint density at radius 2 is 1.78 bits per heavy atom. The summed E-state index contributed by atoms with van der Waals surface area (Å²) in [7, 11) is 2.68. The first kappa shape index (κ1) is 17.9. The maximum Gasteiger partial charge on any atom is 0.409 e. The Hall–Kier alpha value is -1.40. The van der Waals surface area contributed by atoms with E-state index < -0.39 is 12.0 Å². The zero-order valence-electron chi connectivity index (χ0n) is 13.7. The smallest absolute Gasteiger partial charge is 0.409 e. The van der Waals surface area contributed by atoms with Crippen molar-refractivity contribution in [3.63, 3.8) is 0 Å². The Bertz CT molecular complexity index is 434. The molecule has 2 unspecified atom stereocenters. The van der Waals surface area contributed by atoms with Crippen LogP contribution in [0.25, 0.3) is 0 Å². The van der Waals surface area contributed by atoms with Crippen molar-refractivity contribution in [2.24, 2.45) is 11.8 Å². The van der Waals surface area contributed by atoms with Gasteiger partial charge in [-0.25, -0.2) is 13.6 Å². The van der Waals surface area contributed by atoms with Crippen molar-refractivity contribution >= 4 is 12.1 Å². The molecule has 0 N–H and O–H groups in total. The molecular formula is C16H25F2NO4. The molecule has 0 aromatic rings. The molecule has 2 atom stereocenters. The average molecular weight is 333 g/mol. The lowest BCUT2D eigenvalue weighted by Gasteiger charge is -2.40. The van der Waals surface area contributed by atoms with Crippen molar-refractivity contribution in [1.29, 1.82) is 0 Å². The number of hydrogen-bond donors (Lipinski definition) is 0. The van der Waals surface area contributed by atoms with Crippen LogP contribution in [0.15, 0.2) is 0 Å². The fraction of sp³-hybridized carbons (Fsp3) is 0.875. The van der Waals surface area contributed by atoms with Crippen molar-refractivity contribution in [3.8, 4) is 0 Å². The second-order valence-electron chi connectivity index (χ2n) is 6.60. The molecule has 1 saturated heterocycles. The minimum Gasteiger partial charge on any atom is -0.469 e. The Labute approximate surface area is 135 Å². The molecule has 23 heavy (non-hydrogen) atoms. The minimum atomic E-state index is -2.56. The largest absolute Gasteiger partial charge is 0.469 e. The molecule has 0 aromatic heterocycles. The fourth-order valence-corrected chi connectivity index (χ4v) is 3.73. The SMILES string of the molecule is COC(=O)C1CCN(C(=O)OC)C(CC2CCC(F)(F)CC2)C1. The molecule has 0 aromatic carbocycles. The van der Waals surface area contributed by atoms with E-state index in [1.165, 1.54) is 14.2 Å². The number of piperidine rings is 1. The fourth-order valence-electron chi connectivity index (χ4n) is 3.73. The van der Waals surface area contributed by atoms with E-state index in [9.17, 15) is 18.4 Å². The lowest BCUT2D eigenvalue weighted by Crippen LogP contribution is -2.48. The van der Waals surface area contributed by atoms with Crippen LogP contribution in [0.4, 0.5) is 13.6 Å². The maximum absolute atomic E-state index is 13.3. The van der Waals surface area contributed by atoms with Crippen LogP contribution >= 0.6 is 0 Å². The highest BCUT2D eigenvalue weighted by atomic mass is 19.3. The van der Waals surface area contributed by atoms with E-state index in [0.29, 0.717) is 38.6 Å². The summed E-state index contributed by atoms with van der Waals surface area (Å²) in [5.41, 5.74) is 0. The molecule has 1 saturated carbocycles. The zero-order chi connectivity index (χ0) is 17.0. The molecule has 1 amide bonds. The van der Waals surface area contributed by atoms with Gasteiger partial charge in [0.15, 0.2) is 0 Å². The second-order valence-corrected chi connectivity index (χ2v) is 6.60. The number of carbonyl (C=O) groups excluding carboxylic acids is 2. The third-order valence-corrected chi connectivity index (χ3v) is 5.10. The van der Waals surface area contributed by atoms with E-state index in [2.05, 4.69) is 0 Å². The van der Waals surface area contributed by atoms with Crippen LogP contribution in [-0.4, -0.2) is 49.7 Å². The number of ether oxygens (including phenoxy) is 2. The Balaban J connectivity index is 2.00. The van der Waals surface area contributed by atoms with Crippen molar-refractivity contribution in [1.82, 2.24) is 4.90 Å². The van der Waals surface area contributed by atoms with Crippen molar-refractivity contribution in [2.45, 2.75) is 56.9 Å². The summed E-state index contributed by atoms with van der Waals surface area (Å²) in [6, 6.07) is -0.156. The predicted octanol–water partition coefficient (Wildman–Crippen LogP) is 3.22. The second kappa shape index (κ2) is 7.45. The quantitative estimate of drug-likeness (QED) is 0.744. The molecule has 2 rings (SSSR count). The van der Waals surface area contributed by atoms with E-state index in [-0.39, 0.29) is 36.7 Å².